The molecule has 16 heavy (non-hydrogen) atoms. The van der Waals surface area contributed by atoms with E-state index < -0.39 is 0 Å². The van der Waals surface area contributed by atoms with E-state index >= 15 is 0 Å². The fourth-order valence-electron chi connectivity index (χ4n) is 3.67. The van der Waals surface area contributed by atoms with Gasteiger partial charge in [-0.15, -0.1) is 6.58 Å². The van der Waals surface area contributed by atoms with Gasteiger partial charge in [-0.05, 0) is 51.4 Å². The van der Waals surface area contributed by atoms with Crippen LogP contribution in [0.2, 0.25) is 0 Å². The Labute approximate surface area is 101 Å². The molecular formula is C15H28N+. The van der Waals surface area contributed by atoms with Crippen molar-refractivity contribution in [1.29, 1.82) is 0 Å². The van der Waals surface area contributed by atoms with Gasteiger partial charge in [0.1, 0.15) is 0 Å². The Morgan fingerprint density at radius 1 is 0.938 bits per heavy atom. The normalized spacial score (nSPS) is 32.5. The van der Waals surface area contributed by atoms with Crippen molar-refractivity contribution in [2.75, 3.05) is 0 Å². The largest absolute Gasteiger partial charge is 0.341 e. The molecule has 0 spiro atoms. The molecule has 0 aromatic heterocycles. The number of hydrogen-bond donors (Lipinski definition) is 1. The Morgan fingerprint density at radius 2 is 1.62 bits per heavy atom. The van der Waals surface area contributed by atoms with E-state index in [0.717, 1.165) is 18.0 Å². The minimum Gasteiger partial charge on any atom is -0.341 e. The van der Waals surface area contributed by atoms with E-state index in [9.17, 15) is 0 Å². The third-order valence-electron chi connectivity index (χ3n) is 4.61. The summed E-state index contributed by atoms with van der Waals surface area (Å²) in [6, 6.07) is 1.86. The van der Waals surface area contributed by atoms with Crippen LogP contribution in [-0.4, -0.2) is 12.1 Å². The average Bonchev–Trinajstić information content (AvgIpc) is 2.33. The van der Waals surface area contributed by atoms with Crippen molar-refractivity contribution in [3.8, 4) is 0 Å². The van der Waals surface area contributed by atoms with E-state index in [4.69, 9.17) is 0 Å². The van der Waals surface area contributed by atoms with Gasteiger partial charge in [-0.3, -0.25) is 0 Å². The molecule has 0 bridgehead atoms. The third kappa shape index (κ3) is 3.35. The second-order valence-electron chi connectivity index (χ2n) is 5.82. The summed E-state index contributed by atoms with van der Waals surface area (Å²) in [5.74, 6) is 0.924. The van der Waals surface area contributed by atoms with E-state index in [-0.39, 0.29) is 0 Å². The Kier molecular flexibility index (Phi) is 4.90. The van der Waals surface area contributed by atoms with Crippen LogP contribution < -0.4 is 5.32 Å². The van der Waals surface area contributed by atoms with Crippen molar-refractivity contribution in [2.45, 2.75) is 76.3 Å². The van der Waals surface area contributed by atoms with Crippen molar-refractivity contribution in [3.05, 3.63) is 12.7 Å². The Balaban J connectivity index is 1.82. The van der Waals surface area contributed by atoms with Crippen molar-refractivity contribution in [2.24, 2.45) is 5.92 Å². The van der Waals surface area contributed by atoms with Crippen LogP contribution in [0.15, 0.2) is 12.7 Å². The first-order chi connectivity index (χ1) is 7.90. The molecule has 0 radical (unpaired) electrons. The lowest BCUT2D eigenvalue weighted by molar-refractivity contribution is -0.731. The maximum atomic E-state index is 3.92. The zero-order chi connectivity index (χ0) is 11.2. The Morgan fingerprint density at radius 3 is 2.38 bits per heavy atom. The highest BCUT2D eigenvalue weighted by molar-refractivity contribution is 4.81. The van der Waals surface area contributed by atoms with Crippen LogP contribution >= 0.6 is 0 Å². The molecule has 2 atom stereocenters. The molecule has 2 fully saturated rings. The molecule has 0 aromatic carbocycles. The average molecular weight is 222 g/mol. The predicted octanol–water partition coefficient (Wildman–Crippen LogP) is 3.02. The molecule has 1 nitrogen and oxygen atoms in total. The summed E-state index contributed by atoms with van der Waals surface area (Å²) >= 11 is 0. The molecule has 0 heterocycles. The van der Waals surface area contributed by atoms with Gasteiger partial charge in [0.15, 0.2) is 0 Å². The van der Waals surface area contributed by atoms with E-state index in [1.807, 2.05) is 0 Å². The first kappa shape index (κ1) is 12.2. The van der Waals surface area contributed by atoms with Crippen LogP contribution in [0.25, 0.3) is 0 Å². The molecule has 0 aliphatic heterocycles. The summed E-state index contributed by atoms with van der Waals surface area (Å²) in [5.41, 5.74) is 0. The van der Waals surface area contributed by atoms with Gasteiger partial charge in [-0.25, -0.2) is 0 Å². The molecule has 0 unspecified atom stereocenters. The molecule has 2 aliphatic carbocycles. The van der Waals surface area contributed by atoms with Crippen molar-refractivity contribution in [1.82, 2.24) is 0 Å². The van der Waals surface area contributed by atoms with Crippen LogP contribution in [0.5, 0.6) is 0 Å². The predicted molar refractivity (Wildman–Crippen MR) is 69.4 cm³/mol. The minimum atomic E-state index is 0.912. The summed E-state index contributed by atoms with van der Waals surface area (Å²) in [6.45, 7) is 3.92. The van der Waals surface area contributed by atoms with Gasteiger partial charge in [-0.1, -0.05) is 18.9 Å². The lowest BCUT2D eigenvalue weighted by atomic mass is 9.81. The van der Waals surface area contributed by atoms with E-state index in [1.165, 1.54) is 64.2 Å². The number of allylic oxidation sites excluding steroid dienone is 1. The SMILES string of the molecule is C=CC[C@@H]1CCCC[C@H]1[NH2+]C1CCCCC1. The molecule has 2 N–H and O–H groups in total. The van der Waals surface area contributed by atoms with Gasteiger partial charge in [0, 0.05) is 5.92 Å². The van der Waals surface area contributed by atoms with Crippen LogP contribution in [0, 0.1) is 5.92 Å². The highest BCUT2D eigenvalue weighted by Gasteiger charge is 2.29. The highest BCUT2D eigenvalue weighted by atomic mass is 15.0. The Bertz CT molecular complexity index is 205. The molecule has 2 rings (SSSR count). The van der Waals surface area contributed by atoms with E-state index in [2.05, 4.69) is 18.0 Å². The standard InChI is InChI=1S/C15H27N/c1-2-8-13-9-6-7-12-15(13)16-14-10-4-3-5-11-14/h2,13-16H,1,3-12H2/p+1/t13-,15-/m1/s1. The fraction of sp³-hybridized carbons (Fsp3) is 0.867. The summed E-state index contributed by atoms with van der Waals surface area (Å²) < 4.78 is 0. The number of quaternary nitrogens is 1. The van der Waals surface area contributed by atoms with Crippen LogP contribution in [0.4, 0.5) is 0 Å². The molecule has 1 heteroatoms. The molecule has 2 aliphatic rings. The van der Waals surface area contributed by atoms with Crippen molar-refractivity contribution >= 4 is 0 Å². The van der Waals surface area contributed by atoms with Crippen molar-refractivity contribution < 1.29 is 5.32 Å². The van der Waals surface area contributed by atoms with Crippen LogP contribution in [0.3, 0.4) is 0 Å². The third-order valence-corrected chi connectivity index (χ3v) is 4.61. The smallest absolute Gasteiger partial charge is 0.0892 e. The maximum absolute atomic E-state index is 3.92. The van der Waals surface area contributed by atoms with Crippen LogP contribution in [-0.2, 0) is 0 Å². The molecular weight excluding hydrogens is 194 g/mol. The lowest BCUT2D eigenvalue weighted by Gasteiger charge is -2.33. The van der Waals surface area contributed by atoms with Gasteiger partial charge in [0.2, 0.25) is 0 Å². The number of hydrogen-bond acceptors (Lipinski definition) is 0. The summed E-state index contributed by atoms with van der Waals surface area (Å²) in [6.07, 6.45) is 16.6. The first-order valence-electron chi connectivity index (χ1n) is 7.36. The van der Waals surface area contributed by atoms with Gasteiger partial charge in [0.05, 0.1) is 12.1 Å². The van der Waals surface area contributed by atoms with Gasteiger partial charge in [0.25, 0.3) is 0 Å². The zero-order valence-corrected chi connectivity index (χ0v) is 10.7. The van der Waals surface area contributed by atoms with Gasteiger partial charge in [-0.2, -0.15) is 0 Å². The minimum absolute atomic E-state index is 0.912. The summed E-state index contributed by atoms with van der Waals surface area (Å²) in [5, 5.41) is 2.74. The molecule has 0 amide bonds. The molecule has 0 aromatic rings. The summed E-state index contributed by atoms with van der Waals surface area (Å²) in [4.78, 5) is 0. The second kappa shape index (κ2) is 6.44. The second-order valence-corrected chi connectivity index (χ2v) is 5.82. The lowest BCUT2D eigenvalue weighted by Crippen LogP contribution is -2.96. The van der Waals surface area contributed by atoms with Gasteiger partial charge < -0.3 is 5.32 Å². The Hall–Kier alpha value is -0.300. The monoisotopic (exact) mass is 222 g/mol. The summed E-state index contributed by atoms with van der Waals surface area (Å²) in [7, 11) is 0. The fourth-order valence-corrected chi connectivity index (χ4v) is 3.67. The van der Waals surface area contributed by atoms with E-state index in [1.54, 1.807) is 0 Å². The van der Waals surface area contributed by atoms with Crippen LogP contribution in [0.1, 0.15) is 64.2 Å². The highest BCUT2D eigenvalue weighted by Crippen LogP contribution is 2.26. The number of rotatable bonds is 4. The number of nitrogens with two attached hydrogens (primary N) is 1. The van der Waals surface area contributed by atoms with Gasteiger partial charge >= 0.3 is 0 Å². The molecule has 2 saturated carbocycles. The topological polar surface area (TPSA) is 16.6 Å². The molecule has 0 saturated heterocycles. The quantitative estimate of drug-likeness (QED) is 0.704. The van der Waals surface area contributed by atoms with E-state index in [0.29, 0.717) is 0 Å². The zero-order valence-electron chi connectivity index (χ0n) is 10.7. The molecule has 92 valence electrons. The first-order valence-corrected chi connectivity index (χ1v) is 7.36. The van der Waals surface area contributed by atoms with Crippen molar-refractivity contribution in [3.63, 3.8) is 0 Å². The maximum Gasteiger partial charge on any atom is 0.0892 e.